The molecule has 2 nitrogen and oxygen atoms in total. The summed E-state index contributed by atoms with van der Waals surface area (Å²) in [5.74, 6) is -0.767. The molecule has 0 aliphatic rings. The van der Waals surface area contributed by atoms with E-state index in [1.54, 1.807) is 0 Å². The zero-order valence-electron chi connectivity index (χ0n) is 3.40. The van der Waals surface area contributed by atoms with E-state index in [4.69, 9.17) is 5.11 Å². The molecule has 1 N–H and O–H groups in total. The van der Waals surface area contributed by atoms with Gasteiger partial charge in [-0.3, -0.25) is 4.79 Å². The molecule has 0 saturated carbocycles. The maximum atomic E-state index is 9.68. The molecule has 0 aromatic carbocycles. The van der Waals surface area contributed by atoms with Gasteiger partial charge in [0.1, 0.15) is 0 Å². The van der Waals surface area contributed by atoms with Crippen molar-refractivity contribution in [2.24, 2.45) is 0 Å². The molecule has 0 spiro atoms. The smallest absolute Gasteiger partial charge is 0.326 e. The maximum absolute atomic E-state index is 9.68. The molecule has 5 heteroatoms. The summed E-state index contributed by atoms with van der Waals surface area (Å²) in [7, 11) is 0. The van der Waals surface area contributed by atoms with Crippen molar-refractivity contribution in [3.63, 3.8) is 0 Å². The minimum Gasteiger partial charge on any atom is -0.480 e. The van der Waals surface area contributed by atoms with Crippen molar-refractivity contribution in [2.45, 2.75) is 1.93 Å². The van der Waals surface area contributed by atoms with E-state index in [1.165, 1.54) is 0 Å². The molecule has 0 heterocycles. The Bertz CT molecular complexity index is 64.7. The van der Waals surface area contributed by atoms with E-state index in [1.807, 2.05) is 45.2 Å². The Morgan fingerprint density at radius 3 is 1.71 bits per heavy atom. The molecule has 0 aromatic rings. The van der Waals surface area contributed by atoms with Crippen LogP contribution >= 0.6 is 45.2 Å². The zero-order valence-corrected chi connectivity index (χ0v) is 11.7. The predicted molar refractivity (Wildman–Crippen MR) is 39.5 cm³/mol. The maximum Gasteiger partial charge on any atom is 0.326 e. The van der Waals surface area contributed by atoms with Gasteiger partial charge in [-0.15, -0.1) is 0 Å². The van der Waals surface area contributed by atoms with Crippen LogP contribution in [0.3, 0.4) is 0 Å². The van der Waals surface area contributed by atoms with Gasteiger partial charge in [-0.2, -0.15) is 0 Å². The third-order valence-corrected chi connectivity index (χ3v) is 1.25. The topological polar surface area (TPSA) is 37.3 Å². The van der Waals surface area contributed by atoms with Gasteiger partial charge >= 0.3 is 5.97 Å². The predicted octanol–water partition coefficient (Wildman–Crippen LogP) is 1.26. The number of halogens is 2. The van der Waals surface area contributed by atoms with Gasteiger partial charge in [0.15, 0.2) is 1.93 Å². The second-order valence-electron chi connectivity index (χ2n) is 0.639. The number of carboxylic acids is 1. The Morgan fingerprint density at radius 2 is 1.71 bits per heavy atom. The Morgan fingerprint density at radius 1 is 1.57 bits per heavy atom. The summed E-state index contributed by atoms with van der Waals surface area (Å²) in [5, 5.41) is 7.98. The van der Waals surface area contributed by atoms with E-state index in [9.17, 15) is 4.79 Å². The van der Waals surface area contributed by atoms with Crippen LogP contribution in [0.25, 0.3) is 0 Å². The summed E-state index contributed by atoms with van der Waals surface area (Å²) in [5.41, 5.74) is 0. The summed E-state index contributed by atoms with van der Waals surface area (Å²) < 4.78 is -0.291. The van der Waals surface area contributed by atoms with E-state index in [0.29, 0.717) is 0 Å². The van der Waals surface area contributed by atoms with Gasteiger partial charge < -0.3 is 5.11 Å². The summed E-state index contributed by atoms with van der Waals surface area (Å²) in [6, 6.07) is 0. The monoisotopic (exact) mass is 426 g/mol. The molecule has 0 amide bonds. The van der Waals surface area contributed by atoms with Crippen LogP contribution in [0, 0.1) is 0 Å². The van der Waals surface area contributed by atoms with Crippen molar-refractivity contribution in [2.75, 3.05) is 0 Å². The number of alkyl halides is 2. The second kappa shape index (κ2) is 5.98. The van der Waals surface area contributed by atoms with Crippen LogP contribution in [-0.4, -0.2) is 13.0 Å². The van der Waals surface area contributed by atoms with Crippen molar-refractivity contribution >= 4 is 51.2 Å². The van der Waals surface area contributed by atoms with Crippen LogP contribution in [0.15, 0.2) is 0 Å². The first-order chi connectivity index (χ1) is 2.64. The third-order valence-electron chi connectivity index (χ3n) is 0.187. The average molecular weight is 424 g/mol. The van der Waals surface area contributed by atoms with Gasteiger partial charge in [0, 0.05) is 27.3 Å². The molecule has 0 aromatic heterocycles. The Labute approximate surface area is 88.9 Å². The number of aliphatic carboxylic acids is 1. The van der Waals surface area contributed by atoms with Gasteiger partial charge in [-0.25, -0.2) is 0 Å². The van der Waals surface area contributed by atoms with Crippen molar-refractivity contribution in [1.29, 1.82) is 0 Å². The van der Waals surface area contributed by atoms with Crippen molar-refractivity contribution in [3.05, 3.63) is 0 Å². The first kappa shape index (κ1) is 11.6. The van der Waals surface area contributed by atoms with E-state index in [2.05, 4.69) is 0 Å². The SMILES string of the molecule is O=C(O)C(I)I.[Cd]. The number of carboxylic acid groups (broad SMARTS) is 1. The molecule has 7 heavy (non-hydrogen) atoms. The number of hydrogen-bond acceptors (Lipinski definition) is 1. The summed E-state index contributed by atoms with van der Waals surface area (Å²) in [6.07, 6.45) is 0. The minimum absolute atomic E-state index is 0. The molecule has 0 unspecified atom stereocenters. The van der Waals surface area contributed by atoms with Crippen LogP contribution in [0.5, 0.6) is 0 Å². The molecule has 0 aliphatic carbocycles. The molecule has 0 rings (SSSR count). The van der Waals surface area contributed by atoms with Crippen LogP contribution in [0.2, 0.25) is 0 Å². The van der Waals surface area contributed by atoms with E-state index < -0.39 is 5.97 Å². The van der Waals surface area contributed by atoms with Gasteiger partial charge in [0.05, 0.1) is 0 Å². The second-order valence-corrected chi connectivity index (χ2v) is 5.51. The third kappa shape index (κ3) is 7.85. The molecular formula is C2H2CdI2O2. The molecule has 0 radical (unpaired) electrons. The van der Waals surface area contributed by atoms with Crippen LogP contribution in [0.4, 0.5) is 0 Å². The standard InChI is InChI=1S/C2H2I2O2.Cd/c3-1(4)2(5)6;/h1H,(H,5,6);. The van der Waals surface area contributed by atoms with E-state index >= 15 is 0 Å². The van der Waals surface area contributed by atoms with E-state index in [-0.39, 0.29) is 29.2 Å². The van der Waals surface area contributed by atoms with Gasteiger partial charge in [-0.05, 0) is 0 Å². The number of hydrogen-bond donors (Lipinski definition) is 1. The summed E-state index contributed by atoms with van der Waals surface area (Å²) >= 11 is 3.64. The normalized spacial score (nSPS) is 7.86. The summed E-state index contributed by atoms with van der Waals surface area (Å²) in [6.45, 7) is 0. The quantitative estimate of drug-likeness (QED) is 0.391. The first-order valence-electron chi connectivity index (χ1n) is 1.15. The number of rotatable bonds is 1. The fourth-order valence-corrected chi connectivity index (χ4v) is 0. The first-order valence-corrected chi connectivity index (χ1v) is 3.64. The Kier molecular flexibility index (Phi) is 9.93. The summed E-state index contributed by atoms with van der Waals surface area (Å²) in [4.78, 5) is 9.68. The molecular weight excluding hydrogens is 422 g/mol. The molecule has 0 bridgehead atoms. The average Bonchev–Trinajstić information content (AvgIpc) is 1.36. The molecule has 0 atom stereocenters. The van der Waals surface area contributed by atoms with Gasteiger partial charge in [0.25, 0.3) is 0 Å². The molecule has 0 fully saturated rings. The van der Waals surface area contributed by atoms with Crippen molar-refractivity contribution in [1.82, 2.24) is 0 Å². The molecule has 38 valence electrons. The van der Waals surface area contributed by atoms with Crippen LogP contribution in [0.1, 0.15) is 0 Å². The van der Waals surface area contributed by atoms with Gasteiger partial charge in [-0.1, -0.05) is 45.2 Å². The van der Waals surface area contributed by atoms with Gasteiger partial charge in [0.2, 0.25) is 0 Å². The Hall–Kier alpha value is 1.85. The van der Waals surface area contributed by atoms with Crippen molar-refractivity contribution < 1.29 is 37.2 Å². The molecule has 0 aliphatic heterocycles. The fourth-order valence-electron chi connectivity index (χ4n) is 0. The number of carbonyl (C=O) groups is 1. The zero-order chi connectivity index (χ0) is 5.15. The van der Waals surface area contributed by atoms with E-state index in [0.717, 1.165) is 0 Å². The van der Waals surface area contributed by atoms with Crippen LogP contribution in [-0.2, 0) is 32.1 Å². The minimum atomic E-state index is -0.767. The molecule has 0 saturated heterocycles. The fraction of sp³-hybridized carbons (Fsp3) is 0.500. The van der Waals surface area contributed by atoms with Crippen molar-refractivity contribution in [3.8, 4) is 0 Å². The largest absolute Gasteiger partial charge is 0.480 e. The van der Waals surface area contributed by atoms with Crippen LogP contribution < -0.4 is 0 Å². The Balaban J connectivity index is 0.